The zero-order chi connectivity index (χ0) is 11.8. The van der Waals surface area contributed by atoms with Gasteiger partial charge in [-0.25, -0.2) is 0 Å². The van der Waals surface area contributed by atoms with Gasteiger partial charge in [-0.2, -0.15) is 0 Å². The van der Waals surface area contributed by atoms with E-state index in [1.54, 1.807) is 0 Å². The van der Waals surface area contributed by atoms with E-state index in [2.05, 4.69) is 6.92 Å². The van der Waals surface area contributed by atoms with Crippen molar-refractivity contribution in [3.63, 3.8) is 0 Å². The summed E-state index contributed by atoms with van der Waals surface area (Å²) >= 11 is 0. The summed E-state index contributed by atoms with van der Waals surface area (Å²) in [7, 11) is 0. The van der Waals surface area contributed by atoms with Gasteiger partial charge in [-0.1, -0.05) is 94.4 Å². The molecule has 0 bridgehead atoms. The van der Waals surface area contributed by atoms with Crippen molar-refractivity contribution in [3.8, 4) is 0 Å². The van der Waals surface area contributed by atoms with Gasteiger partial charge >= 0.3 is 0 Å². The van der Waals surface area contributed by atoms with Crippen molar-refractivity contribution >= 4 is 0 Å². The van der Waals surface area contributed by atoms with Crippen molar-refractivity contribution in [2.24, 2.45) is 5.92 Å². The molecule has 0 N–H and O–H groups in total. The third-order valence-electron chi connectivity index (χ3n) is 1.63. The smallest absolute Gasteiger partial charge is 0.0417 e. The van der Waals surface area contributed by atoms with E-state index in [1.807, 2.05) is 41.5 Å². The first-order chi connectivity index (χ1) is 6.93. The largest absolute Gasteiger partial charge is 0.0776 e. The highest BCUT2D eigenvalue weighted by atomic mass is 14.2. The van der Waals surface area contributed by atoms with Crippen LogP contribution in [0.15, 0.2) is 0 Å². The maximum atomic E-state index is 2.26. The molecule has 0 amide bonds. The van der Waals surface area contributed by atoms with E-state index in [0.29, 0.717) is 0 Å². The number of hydrogen-bond donors (Lipinski definition) is 0. The van der Waals surface area contributed by atoms with E-state index in [4.69, 9.17) is 0 Å². The SMILES string of the molecule is C.C1CC1.CC.CC.CC.CCC1CC1. The van der Waals surface area contributed by atoms with Crippen LogP contribution in [0, 0.1) is 5.92 Å². The maximum absolute atomic E-state index is 2.26. The van der Waals surface area contributed by atoms with Crippen molar-refractivity contribution < 1.29 is 0 Å². The third kappa shape index (κ3) is 56.0. The lowest BCUT2D eigenvalue weighted by atomic mass is 10.3. The molecule has 2 aliphatic rings. The molecule has 0 aromatic heterocycles. The van der Waals surface area contributed by atoms with Gasteiger partial charge < -0.3 is 0 Å². The van der Waals surface area contributed by atoms with Gasteiger partial charge in [-0.05, 0) is 5.92 Å². The van der Waals surface area contributed by atoms with Crippen LogP contribution in [0.2, 0.25) is 0 Å². The minimum absolute atomic E-state index is 0. The van der Waals surface area contributed by atoms with E-state index in [1.165, 1.54) is 38.5 Å². The summed E-state index contributed by atoms with van der Waals surface area (Å²) in [6.07, 6.45) is 8.94. The Morgan fingerprint density at radius 1 is 0.733 bits per heavy atom. The molecule has 98 valence electrons. The quantitative estimate of drug-likeness (QED) is 0.460. The van der Waals surface area contributed by atoms with Crippen LogP contribution >= 0.6 is 0 Å². The summed E-state index contributed by atoms with van der Waals surface area (Å²) in [5.74, 6) is 1.13. The molecule has 2 aliphatic carbocycles. The minimum atomic E-state index is 0. The molecule has 0 unspecified atom stereocenters. The first-order valence-electron chi connectivity index (χ1n) is 6.93. The normalized spacial score (nSPS) is 13.8. The van der Waals surface area contributed by atoms with Crippen LogP contribution in [0.25, 0.3) is 0 Å². The maximum Gasteiger partial charge on any atom is -0.0417 e. The predicted molar refractivity (Wildman–Crippen MR) is 77.6 cm³/mol. The molecule has 0 aliphatic heterocycles. The Morgan fingerprint density at radius 2 is 1.00 bits per heavy atom. The third-order valence-corrected chi connectivity index (χ3v) is 1.63. The Hall–Kier alpha value is 0. The van der Waals surface area contributed by atoms with Gasteiger partial charge in [0.25, 0.3) is 0 Å². The van der Waals surface area contributed by atoms with Crippen molar-refractivity contribution in [1.29, 1.82) is 0 Å². The second-order valence-electron chi connectivity index (χ2n) is 2.91. The van der Waals surface area contributed by atoms with Crippen LogP contribution in [0.4, 0.5) is 0 Å². The Kier molecular flexibility index (Phi) is 47.3. The molecule has 0 saturated heterocycles. The van der Waals surface area contributed by atoms with E-state index in [9.17, 15) is 0 Å². The van der Waals surface area contributed by atoms with Gasteiger partial charge in [0.2, 0.25) is 0 Å². The average Bonchev–Trinajstić information content (AvgIpc) is 3.19. The Labute approximate surface area is 101 Å². The van der Waals surface area contributed by atoms with Gasteiger partial charge in [0.15, 0.2) is 0 Å². The molecule has 0 heterocycles. The number of rotatable bonds is 1. The molecular weight excluding hydrogens is 180 g/mol. The zero-order valence-electron chi connectivity index (χ0n) is 11.8. The second-order valence-corrected chi connectivity index (χ2v) is 2.91. The minimum Gasteiger partial charge on any atom is -0.0776 e. The molecular formula is C15H38. The lowest BCUT2D eigenvalue weighted by Gasteiger charge is -1.72. The first-order valence-corrected chi connectivity index (χ1v) is 6.93. The monoisotopic (exact) mass is 218 g/mol. The van der Waals surface area contributed by atoms with E-state index in [-0.39, 0.29) is 7.43 Å². The summed E-state index contributed by atoms with van der Waals surface area (Å²) in [6, 6.07) is 0. The van der Waals surface area contributed by atoms with Crippen LogP contribution in [0.1, 0.15) is 94.4 Å². The fraction of sp³-hybridized carbons (Fsp3) is 1.00. The van der Waals surface area contributed by atoms with Crippen molar-refractivity contribution in [3.05, 3.63) is 0 Å². The van der Waals surface area contributed by atoms with Crippen molar-refractivity contribution in [2.45, 2.75) is 94.4 Å². The Morgan fingerprint density at radius 3 is 1.00 bits per heavy atom. The highest BCUT2D eigenvalue weighted by Crippen LogP contribution is 2.31. The standard InChI is InChI=1S/C5H10.C3H6.3C2H6.CH4/c1-2-5-3-4-5;1-2-3-1;3*1-2;/h5H,2-4H2,1H3;1-3H2;3*1-2H3;1H4. The van der Waals surface area contributed by atoms with Crippen LogP contribution in [0.5, 0.6) is 0 Å². The molecule has 2 rings (SSSR count). The lowest BCUT2D eigenvalue weighted by Crippen LogP contribution is -1.59. The van der Waals surface area contributed by atoms with Gasteiger partial charge in [0.1, 0.15) is 0 Å². The van der Waals surface area contributed by atoms with E-state index >= 15 is 0 Å². The molecule has 15 heavy (non-hydrogen) atoms. The highest BCUT2D eigenvalue weighted by Gasteiger charge is 2.17. The number of hydrogen-bond acceptors (Lipinski definition) is 0. The molecule has 0 nitrogen and oxygen atoms in total. The van der Waals surface area contributed by atoms with E-state index < -0.39 is 0 Å². The lowest BCUT2D eigenvalue weighted by molar-refractivity contribution is 0.799. The molecule has 0 radical (unpaired) electrons. The van der Waals surface area contributed by atoms with Crippen molar-refractivity contribution in [2.75, 3.05) is 0 Å². The van der Waals surface area contributed by atoms with Crippen molar-refractivity contribution in [1.82, 2.24) is 0 Å². The highest BCUT2D eigenvalue weighted by molar-refractivity contribution is 4.69. The first kappa shape index (κ1) is 24.3. The topological polar surface area (TPSA) is 0 Å². The molecule has 2 saturated carbocycles. The average molecular weight is 218 g/mol. The van der Waals surface area contributed by atoms with Gasteiger partial charge in [-0.3, -0.25) is 0 Å². The zero-order valence-corrected chi connectivity index (χ0v) is 11.8. The van der Waals surface area contributed by atoms with Crippen LogP contribution in [-0.4, -0.2) is 0 Å². The Balaban J connectivity index is -0.0000000539. The summed E-state index contributed by atoms with van der Waals surface area (Å²) in [4.78, 5) is 0. The molecule has 0 atom stereocenters. The fourth-order valence-electron chi connectivity index (χ4n) is 0.526. The van der Waals surface area contributed by atoms with Crippen LogP contribution < -0.4 is 0 Å². The van der Waals surface area contributed by atoms with Crippen LogP contribution in [-0.2, 0) is 0 Å². The predicted octanol–water partition coefficient (Wildman–Crippen LogP) is 6.69. The summed E-state index contributed by atoms with van der Waals surface area (Å²) < 4.78 is 0. The molecule has 2 fully saturated rings. The van der Waals surface area contributed by atoms with Crippen LogP contribution in [0.3, 0.4) is 0 Å². The molecule has 0 aromatic rings. The Bertz CT molecular complexity index is 48.3. The van der Waals surface area contributed by atoms with Gasteiger partial charge in [0.05, 0.1) is 0 Å². The molecule has 0 spiro atoms. The summed E-state index contributed by atoms with van der Waals surface area (Å²) in [5, 5.41) is 0. The summed E-state index contributed by atoms with van der Waals surface area (Å²) in [6.45, 7) is 14.3. The fourth-order valence-corrected chi connectivity index (χ4v) is 0.526. The van der Waals surface area contributed by atoms with E-state index in [0.717, 1.165) is 5.92 Å². The van der Waals surface area contributed by atoms with Gasteiger partial charge in [-0.15, -0.1) is 0 Å². The van der Waals surface area contributed by atoms with Gasteiger partial charge in [0, 0.05) is 0 Å². The molecule has 0 heteroatoms. The molecule has 0 aromatic carbocycles. The second kappa shape index (κ2) is 29.2. The summed E-state index contributed by atoms with van der Waals surface area (Å²) in [5.41, 5.74) is 0.